The Bertz CT molecular complexity index is 1770. The number of allylic oxidation sites excluding steroid dienone is 5. The van der Waals surface area contributed by atoms with Gasteiger partial charge in [-0.25, -0.2) is 0 Å². The highest BCUT2D eigenvalue weighted by molar-refractivity contribution is 5.76. The molecule has 1 amide bonds. The molecule has 0 radical (unpaired) electrons. The number of aliphatic hydroxyl groups excluding tert-OH is 8. The van der Waals surface area contributed by atoms with Crippen LogP contribution in [0.25, 0.3) is 0 Å². The fraction of sp³-hybridized carbons (Fsp3) is 0.916. The second-order valence-electron chi connectivity index (χ2n) is 29.6. The van der Waals surface area contributed by atoms with Gasteiger partial charge in [-0.05, 0) is 51.4 Å². The number of aliphatic hydroxyl groups is 8. The highest BCUT2D eigenvalue weighted by atomic mass is 16.7. The lowest BCUT2D eigenvalue weighted by Gasteiger charge is -2.46. The molecule has 0 aliphatic carbocycles. The van der Waals surface area contributed by atoms with E-state index in [0.717, 1.165) is 44.9 Å². The van der Waals surface area contributed by atoms with E-state index >= 15 is 0 Å². The number of rotatable bonds is 71. The molecule has 0 aromatic carbocycles. The van der Waals surface area contributed by atoms with Crippen LogP contribution in [-0.2, 0) is 23.7 Å². The minimum absolute atomic E-state index is 0.230. The average molecular weight is 1380 g/mol. The van der Waals surface area contributed by atoms with Crippen molar-refractivity contribution in [2.45, 2.75) is 466 Å². The van der Waals surface area contributed by atoms with Crippen molar-refractivity contribution in [1.82, 2.24) is 5.32 Å². The smallest absolute Gasteiger partial charge is 0.220 e. The summed E-state index contributed by atoms with van der Waals surface area (Å²) >= 11 is 0. The van der Waals surface area contributed by atoms with Gasteiger partial charge >= 0.3 is 0 Å². The van der Waals surface area contributed by atoms with Crippen LogP contribution in [0.2, 0.25) is 0 Å². The molecule has 0 aromatic rings. The van der Waals surface area contributed by atoms with E-state index in [1.807, 2.05) is 6.08 Å². The zero-order valence-electron chi connectivity index (χ0n) is 62.9. The molecule has 0 aromatic heterocycles. The van der Waals surface area contributed by atoms with Crippen molar-refractivity contribution in [3.8, 4) is 0 Å². The number of amides is 1. The zero-order valence-corrected chi connectivity index (χ0v) is 62.9. The quantitative estimate of drug-likeness (QED) is 0.0204. The summed E-state index contributed by atoms with van der Waals surface area (Å²) < 4.78 is 22.9. The van der Waals surface area contributed by atoms with Gasteiger partial charge in [-0.1, -0.05) is 371 Å². The third-order valence-corrected chi connectivity index (χ3v) is 20.6. The first-order valence-electron chi connectivity index (χ1n) is 41.7. The number of unbranched alkanes of at least 4 members (excludes halogenated alkanes) is 54. The minimum atomic E-state index is -1.79. The first-order chi connectivity index (χ1) is 47.6. The molecule has 14 heteroatoms. The van der Waals surface area contributed by atoms with E-state index in [4.69, 9.17) is 18.9 Å². The molecule has 0 bridgehead atoms. The van der Waals surface area contributed by atoms with Crippen LogP contribution in [0, 0.1) is 0 Å². The molecule has 14 nitrogen and oxygen atoms in total. The van der Waals surface area contributed by atoms with Crippen LogP contribution in [0.15, 0.2) is 36.5 Å². The van der Waals surface area contributed by atoms with Crippen LogP contribution in [0.4, 0.5) is 0 Å². The molecule has 0 spiro atoms. The third-order valence-electron chi connectivity index (χ3n) is 20.6. The molecule has 2 aliphatic heterocycles. The number of hydrogen-bond donors (Lipinski definition) is 9. The monoisotopic (exact) mass is 1380 g/mol. The Labute approximate surface area is 595 Å². The topological polar surface area (TPSA) is 228 Å². The summed E-state index contributed by atoms with van der Waals surface area (Å²) in [7, 11) is 0. The van der Waals surface area contributed by atoms with E-state index in [9.17, 15) is 45.6 Å². The van der Waals surface area contributed by atoms with E-state index < -0.39 is 86.8 Å². The predicted molar refractivity (Wildman–Crippen MR) is 401 cm³/mol. The summed E-state index contributed by atoms with van der Waals surface area (Å²) in [5.74, 6) is -0.230. The van der Waals surface area contributed by atoms with Crippen molar-refractivity contribution in [2.75, 3.05) is 19.8 Å². The highest BCUT2D eigenvalue weighted by Crippen LogP contribution is 2.30. The predicted octanol–water partition coefficient (Wildman–Crippen LogP) is 19.2. The van der Waals surface area contributed by atoms with Gasteiger partial charge in [0.05, 0.1) is 32.0 Å². The standard InChI is InChI=1S/C83H157NO13/c1-3-5-7-9-11-13-15-17-19-21-23-25-27-29-30-31-32-33-34-35-36-37-38-39-40-41-42-43-45-47-49-51-53-55-57-59-61-63-65-67-75(88)84-71(70-94-82-80(93)78(91)81(74(69-86)96-82)97-83-79(92)77(90)76(89)73(68-85)95-83)72(87)66-64-62-60-58-56-54-52-50-48-46-44-28-26-24-22-20-18-16-14-12-10-8-6-4-2/h15,17,21,23,64,66,71-74,76-83,85-87,89-93H,3-14,16,18-20,22,24-63,65,67-70H2,1-2H3,(H,84,88)/b17-15-,23-21-,66-64+. The van der Waals surface area contributed by atoms with Gasteiger partial charge in [-0.3, -0.25) is 4.79 Å². The number of nitrogens with one attached hydrogen (secondary N) is 1. The van der Waals surface area contributed by atoms with E-state index in [1.165, 1.54) is 321 Å². The maximum Gasteiger partial charge on any atom is 0.220 e. The van der Waals surface area contributed by atoms with Crippen LogP contribution >= 0.6 is 0 Å². The average Bonchev–Trinajstić information content (AvgIpc) is 0.794. The zero-order chi connectivity index (χ0) is 70.1. The van der Waals surface area contributed by atoms with Crippen LogP contribution in [0.5, 0.6) is 0 Å². The van der Waals surface area contributed by atoms with Gasteiger partial charge in [0.25, 0.3) is 0 Å². The van der Waals surface area contributed by atoms with Gasteiger partial charge < -0.3 is 65.1 Å². The SMILES string of the molecule is CCCCCCC/C=C\C/C=C\CCCCCCCCCCCCCCCCCCCCCCCCCCCCCC(=O)NC(COC1OC(CO)C(OC2OC(CO)C(O)C(O)C2O)C(O)C1O)C(O)/C=C/CCCCCCCCCCCCCCCCCCCCCCCC. The largest absolute Gasteiger partial charge is 0.394 e. The Hall–Kier alpha value is -1.79. The summed E-state index contributed by atoms with van der Waals surface area (Å²) in [4.78, 5) is 13.4. The summed E-state index contributed by atoms with van der Waals surface area (Å²) in [6.45, 7) is 2.86. The Balaban J connectivity index is 1.57. The summed E-state index contributed by atoms with van der Waals surface area (Å²) in [5, 5.41) is 87.7. The number of carbonyl (C=O) groups is 1. The molecule has 2 fully saturated rings. The van der Waals surface area contributed by atoms with Gasteiger partial charge in [0.2, 0.25) is 5.91 Å². The highest BCUT2D eigenvalue weighted by Gasteiger charge is 2.51. The molecule has 2 heterocycles. The van der Waals surface area contributed by atoms with Crippen molar-refractivity contribution in [3.05, 3.63) is 36.5 Å². The lowest BCUT2D eigenvalue weighted by atomic mass is 9.97. The summed E-state index contributed by atoms with van der Waals surface area (Å²) in [6.07, 6.45) is 72.4. The Kier molecular flexibility index (Phi) is 63.4. The normalized spacial score (nSPS) is 22.2. The summed E-state index contributed by atoms with van der Waals surface area (Å²) in [6, 6.07) is -0.914. The molecule has 2 rings (SSSR count). The van der Waals surface area contributed by atoms with Gasteiger partial charge in [-0.2, -0.15) is 0 Å². The number of ether oxygens (including phenoxy) is 4. The van der Waals surface area contributed by atoms with Gasteiger partial charge in [0, 0.05) is 6.42 Å². The lowest BCUT2D eigenvalue weighted by Crippen LogP contribution is -2.65. The fourth-order valence-corrected chi connectivity index (χ4v) is 14.0. The van der Waals surface area contributed by atoms with E-state index in [0.29, 0.717) is 6.42 Å². The Morgan fingerprint density at radius 3 is 1.03 bits per heavy atom. The van der Waals surface area contributed by atoms with Gasteiger partial charge in [0.15, 0.2) is 12.6 Å². The van der Waals surface area contributed by atoms with Crippen LogP contribution in [0.3, 0.4) is 0 Å². The van der Waals surface area contributed by atoms with Crippen LogP contribution in [-0.4, -0.2) is 140 Å². The Morgan fingerprint density at radius 2 is 0.680 bits per heavy atom. The van der Waals surface area contributed by atoms with Crippen LogP contribution < -0.4 is 5.32 Å². The van der Waals surface area contributed by atoms with E-state index in [-0.39, 0.29) is 18.9 Å². The molecule has 0 saturated carbocycles. The van der Waals surface area contributed by atoms with Gasteiger partial charge in [0.1, 0.15) is 48.8 Å². The Morgan fingerprint density at radius 1 is 0.371 bits per heavy atom. The molecular formula is C83H157NO13. The molecule has 2 saturated heterocycles. The van der Waals surface area contributed by atoms with Crippen LogP contribution in [0.1, 0.15) is 393 Å². The minimum Gasteiger partial charge on any atom is -0.394 e. The molecule has 9 N–H and O–H groups in total. The van der Waals surface area contributed by atoms with Crippen molar-refractivity contribution >= 4 is 5.91 Å². The van der Waals surface area contributed by atoms with Crippen molar-refractivity contribution in [2.24, 2.45) is 0 Å². The first kappa shape index (κ1) is 91.3. The first-order valence-corrected chi connectivity index (χ1v) is 41.7. The number of hydrogen-bond acceptors (Lipinski definition) is 13. The van der Waals surface area contributed by atoms with E-state index in [1.54, 1.807) is 6.08 Å². The third kappa shape index (κ3) is 50.3. The van der Waals surface area contributed by atoms with Crippen molar-refractivity contribution in [3.63, 3.8) is 0 Å². The maximum absolute atomic E-state index is 13.4. The van der Waals surface area contributed by atoms with Gasteiger partial charge in [-0.15, -0.1) is 0 Å². The molecule has 572 valence electrons. The second-order valence-corrected chi connectivity index (χ2v) is 29.6. The molecule has 12 atom stereocenters. The number of carbonyl (C=O) groups excluding carboxylic acids is 1. The van der Waals surface area contributed by atoms with E-state index in [2.05, 4.69) is 43.5 Å². The summed E-state index contributed by atoms with van der Waals surface area (Å²) in [5.41, 5.74) is 0. The second kappa shape index (κ2) is 67.4. The molecule has 2 aliphatic rings. The molecule has 97 heavy (non-hydrogen) atoms. The lowest BCUT2D eigenvalue weighted by molar-refractivity contribution is -0.359. The molecule has 12 unspecified atom stereocenters. The fourth-order valence-electron chi connectivity index (χ4n) is 14.0. The van der Waals surface area contributed by atoms with Crippen molar-refractivity contribution < 1.29 is 64.6 Å². The maximum atomic E-state index is 13.4. The van der Waals surface area contributed by atoms with Crippen molar-refractivity contribution in [1.29, 1.82) is 0 Å². The molecular weight excluding hydrogens is 1220 g/mol.